The van der Waals surface area contributed by atoms with Gasteiger partial charge in [0.25, 0.3) is 0 Å². The highest BCUT2D eigenvalue weighted by atomic mass is 19.1. The first-order valence-corrected chi connectivity index (χ1v) is 11.3. The van der Waals surface area contributed by atoms with Crippen molar-refractivity contribution in [3.63, 3.8) is 0 Å². The fourth-order valence-corrected chi connectivity index (χ4v) is 4.49. The van der Waals surface area contributed by atoms with Crippen molar-refractivity contribution in [1.82, 2.24) is 30.0 Å². The molecule has 0 saturated carbocycles. The largest absolute Gasteiger partial charge is 0.297 e. The molecule has 5 rings (SSSR count). The van der Waals surface area contributed by atoms with Crippen LogP contribution in [0.25, 0.3) is 0 Å². The molecule has 1 aliphatic rings. The van der Waals surface area contributed by atoms with Crippen LogP contribution >= 0.6 is 0 Å². The van der Waals surface area contributed by atoms with Crippen LogP contribution in [0.5, 0.6) is 0 Å². The molecule has 0 spiro atoms. The van der Waals surface area contributed by atoms with Gasteiger partial charge in [-0.15, -0.1) is 5.10 Å². The van der Waals surface area contributed by atoms with Crippen LogP contribution in [-0.4, -0.2) is 56.2 Å². The second kappa shape index (κ2) is 10.0. The molecule has 4 aromatic rings. The number of hydrogen-bond acceptors (Lipinski definition) is 5. The Morgan fingerprint density at radius 3 is 2.00 bits per heavy atom. The van der Waals surface area contributed by atoms with Crippen molar-refractivity contribution >= 4 is 0 Å². The molecule has 6 nitrogen and oxygen atoms in total. The molecule has 1 atom stereocenters. The minimum Gasteiger partial charge on any atom is -0.297 e. The van der Waals surface area contributed by atoms with Gasteiger partial charge in [0, 0.05) is 38.3 Å². The smallest absolute Gasteiger partial charge is 0.173 e. The molecule has 2 heterocycles. The fraction of sp³-hybridized carbons (Fsp3) is 0.269. The van der Waals surface area contributed by atoms with Crippen molar-refractivity contribution in [3.05, 3.63) is 113 Å². The Labute approximate surface area is 193 Å². The molecule has 3 aromatic carbocycles. The number of hydrogen-bond donors (Lipinski definition) is 0. The van der Waals surface area contributed by atoms with Gasteiger partial charge in [-0.2, -0.15) is 0 Å². The summed E-state index contributed by atoms with van der Waals surface area (Å²) < 4.78 is 16.8. The molecular weight excluding hydrogens is 415 g/mol. The summed E-state index contributed by atoms with van der Waals surface area (Å²) in [5.41, 5.74) is 3.02. The van der Waals surface area contributed by atoms with E-state index in [1.807, 2.05) is 48.5 Å². The van der Waals surface area contributed by atoms with Crippen LogP contribution in [-0.2, 0) is 13.1 Å². The van der Waals surface area contributed by atoms with Crippen LogP contribution in [0, 0.1) is 5.82 Å². The molecule has 1 saturated heterocycles. The number of piperazine rings is 1. The van der Waals surface area contributed by atoms with E-state index in [-0.39, 0.29) is 11.9 Å². The Kier molecular flexibility index (Phi) is 6.51. The highest BCUT2D eigenvalue weighted by molar-refractivity contribution is 5.27. The van der Waals surface area contributed by atoms with Crippen LogP contribution in [0.1, 0.15) is 28.6 Å². The molecule has 0 aliphatic carbocycles. The van der Waals surface area contributed by atoms with Crippen molar-refractivity contribution in [2.75, 3.05) is 26.2 Å². The summed E-state index contributed by atoms with van der Waals surface area (Å²) in [6.45, 7) is 4.89. The van der Waals surface area contributed by atoms with Crippen LogP contribution in [0.4, 0.5) is 4.39 Å². The van der Waals surface area contributed by atoms with E-state index in [0.29, 0.717) is 17.9 Å². The Hall–Kier alpha value is -3.42. The quantitative estimate of drug-likeness (QED) is 0.436. The second-order valence-corrected chi connectivity index (χ2v) is 8.40. The van der Waals surface area contributed by atoms with E-state index in [1.54, 1.807) is 10.7 Å². The number of halogens is 1. The van der Waals surface area contributed by atoms with Gasteiger partial charge in [-0.3, -0.25) is 9.80 Å². The molecule has 0 radical (unpaired) electrons. The van der Waals surface area contributed by atoms with E-state index in [9.17, 15) is 4.39 Å². The summed E-state index contributed by atoms with van der Waals surface area (Å²) in [6, 6.07) is 27.2. The van der Waals surface area contributed by atoms with Gasteiger partial charge in [0.05, 0.1) is 6.54 Å². The molecule has 1 fully saturated rings. The van der Waals surface area contributed by atoms with Gasteiger partial charge in [-0.1, -0.05) is 78.9 Å². The fourth-order valence-electron chi connectivity index (χ4n) is 4.49. The van der Waals surface area contributed by atoms with Gasteiger partial charge in [0.15, 0.2) is 5.82 Å². The summed E-state index contributed by atoms with van der Waals surface area (Å²) in [6.07, 6.45) is 0. The molecule has 168 valence electrons. The monoisotopic (exact) mass is 442 g/mol. The van der Waals surface area contributed by atoms with Crippen LogP contribution in [0.15, 0.2) is 84.9 Å². The van der Waals surface area contributed by atoms with Crippen molar-refractivity contribution in [2.24, 2.45) is 0 Å². The van der Waals surface area contributed by atoms with E-state index >= 15 is 0 Å². The van der Waals surface area contributed by atoms with Crippen molar-refractivity contribution in [2.45, 2.75) is 19.1 Å². The van der Waals surface area contributed by atoms with E-state index in [4.69, 9.17) is 0 Å². The van der Waals surface area contributed by atoms with Crippen LogP contribution in [0.3, 0.4) is 0 Å². The lowest BCUT2D eigenvalue weighted by atomic mass is 10.0. The van der Waals surface area contributed by atoms with Gasteiger partial charge < -0.3 is 0 Å². The summed E-state index contributed by atoms with van der Waals surface area (Å²) in [7, 11) is 0. The third kappa shape index (κ3) is 4.99. The normalized spacial score (nSPS) is 16.0. The van der Waals surface area contributed by atoms with Crippen molar-refractivity contribution < 1.29 is 4.39 Å². The maximum atomic E-state index is 15.0. The first-order valence-electron chi connectivity index (χ1n) is 11.3. The maximum Gasteiger partial charge on any atom is 0.173 e. The van der Waals surface area contributed by atoms with Crippen molar-refractivity contribution in [1.29, 1.82) is 0 Å². The second-order valence-electron chi connectivity index (χ2n) is 8.40. The molecule has 1 aliphatic heterocycles. The Bertz CT molecular complexity index is 1160. The van der Waals surface area contributed by atoms with E-state index in [0.717, 1.165) is 38.3 Å². The average Bonchev–Trinajstić information content (AvgIpc) is 3.30. The zero-order valence-corrected chi connectivity index (χ0v) is 18.5. The predicted octanol–water partition coefficient (Wildman–Crippen LogP) is 3.77. The minimum atomic E-state index is -0.344. The van der Waals surface area contributed by atoms with Gasteiger partial charge in [0.2, 0.25) is 0 Å². The standard InChI is InChI=1S/C26H27FN6/c27-24-14-8-7-13-23(24)25(26-28-29-30-33(26)20-22-11-5-2-6-12-22)32-17-15-31(16-18-32)19-21-9-3-1-4-10-21/h1-14,25H,15-20H2/t25-/m1/s1. The summed E-state index contributed by atoms with van der Waals surface area (Å²) >= 11 is 0. The molecule has 0 amide bonds. The van der Waals surface area contributed by atoms with E-state index in [2.05, 4.69) is 49.6 Å². The summed E-state index contributed by atoms with van der Waals surface area (Å²) in [4.78, 5) is 4.74. The van der Waals surface area contributed by atoms with Gasteiger partial charge >= 0.3 is 0 Å². The molecule has 7 heteroatoms. The number of nitrogens with zero attached hydrogens (tertiary/aromatic N) is 6. The van der Waals surface area contributed by atoms with Crippen molar-refractivity contribution in [3.8, 4) is 0 Å². The predicted molar refractivity (Wildman–Crippen MR) is 125 cm³/mol. The lowest BCUT2D eigenvalue weighted by molar-refractivity contribution is 0.0990. The maximum absolute atomic E-state index is 15.0. The number of benzene rings is 3. The highest BCUT2D eigenvalue weighted by Gasteiger charge is 2.32. The molecule has 33 heavy (non-hydrogen) atoms. The molecular formula is C26H27FN6. The summed E-state index contributed by atoms with van der Waals surface area (Å²) in [5, 5.41) is 12.6. The number of tetrazole rings is 1. The SMILES string of the molecule is Fc1ccccc1[C@H](c1nnnn1Cc1ccccc1)N1CCN(Cc2ccccc2)CC1. The van der Waals surface area contributed by atoms with E-state index in [1.165, 1.54) is 11.6 Å². The topological polar surface area (TPSA) is 50.1 Å². The summed E-state index contributed by atoms with van der Waals surface area (Å²) in [5.74, 6) is 0.434. The van der Waals surface area contributed by atoms with Gasteiger partial charge in [0.1, 0.15) is 11.9 Å². The first-order chi connectivity index (χ1) is 16.3. The molecule has 0 bridgehead atoms. The zero-order valence-electron chi connectivity index (χ0n) is 18.5. The lowest BCUT2D eigenvalue weighted by Gasteiger charge is -2.39. The van der Waals surface area contributed by atoms with Crippen LogP contribution < -0.4 is 0 Å². The minimum absolute atomic E-state index is 0.233. The molecule has 1 aromatic heterocycles. The Morgan fingerprint density at radius 1 is 0.727 bits per heavy atom. The zero-order chi connectivity index (χ0) is 22.5. The Morgan fingerprint density at radius 2 is 1.33 bits per heavy atom. The average molecular weight is 443 g/mol. The lowest BCUT2D eigenvalue weighted by Crippen LogP contribution is -2.48. The number of rotatable bonds is 7. The Balaban J connectivity index is 1.39. The third-order valence-corrected chi connectivity index (χ3v) is 6.20. The third-order valence-electron chi connectivity index (χ3n) is 6.20. The molecule has 0 unspecified atom stereocenters. The van der Waals surface area contributed by atoms with E-state index < -0.39 is 0 Å². The van der Waals surface area contributed by atoms with Gasteiger partial charge in [-0.05, 0) is 27.6 Å². The van der Waals surface area contributed by atoms with Gasteiger partial charge in [-0.25, -0.2) is 9.07 Å². The number of aromatic nitrogens is 4. The highest BCUT2D eigenvalue weighted by Crippen LogP contribution is 2.30. The first kappa shape index (κ1) is 21.4. The van der Waals surface area contributed by atoms with Crippen LogP contribution in [0.2, 0.25) is 0 Å². The molecule has 0 N–H and O–H groups in total.